The number of carbonyl (C=O) groups excluding carboxylic acids is 1. The number of piperazine rings is 1. The van der Waals surface area contributed by atoms with Gasteiger partial charge in [0.2, 0.25) is 5.91 Å². The van der Waals surface area contributed by atoms with Gasteiger partial charge in [-0.25, -0.2) is 0 Å². The minimum atomic E-state index is 0. The van der Waals surface area contributed by atoms with Crippen LogP contribution in [0.15, 0.2) is 4.99 Å². The van der Waals surface area contributed by atoms with Crippen molar-refractivity contribution in [2.75, 3.05) is 59.4 Å². The fourth-order valence-electron chi connectivity index (χ4n) is 5.33. The molecule has 2 saturated carbocycles. The Hall–Kier alpha value is -0.610. The van der Waals surface area contributed by atoms with Crippen molar-refractivity contribution in [2.24, 2.45) is 10.9 Å². The van der Waals surface area contributed by atoms with E-state index in [1.807, 2.05) is 7.05 Å². The smallest absolute Gasteiger partial charge is 0.225 e. The lowest BCUT2D eigenvalue weighted by atomic mass is 9.84. The molecule has 1 atom stereocenters. The summed E-state index contributed by atoms with van der Waals surface area (Å²) in [6.07, 6.45) is 10.3. The molecule has 4 rings (SSSR count). The van der Waals surface area contributed by atoms with Crippen molar-refractivity contribution in [3.8, 4) is 0 Å². The SMILES string of the molecule is CN=C(NCCN1CCN(C(=O)C2CCC2)CC1)NC1CCN(C2CCCC2)C1.I. The lowest BCUT2D eigenvalue weighted by Gasteiger charge is -2.38. The number of aliphatic imine (C=N–C) groups is 1. The molecule has 172 valence electrons. The number of carbonyl (C=O) groups is 1. The van der Waals surface area contributed by atoms with E-state index in [2.05, 4.69) is 30.3 Å². The van der Waals surface area contributed by atoms with Gasteiger partial charge in [0.25, 0.3) is 0 Å². The molecule has 0 aromatic rings. The summed E-state index contributed by atoms with van der Waals surface area (Å²) in [5.41, 5.74) is 0. The van der Waals surface area contributed by atoms with Crippen LogP contribution in [0.1, 0.15) is 51.4 Å². The van der Waals surface area contributed by atoms with Gasteiger partial charge < -0.3 is 15.5 Å². The maximum absolute atomic E-state index is 12.4. The molecule has 2 aliphatic heterocycles. The summed E-state index contributed by atoms with van der Waals surface area (Å²) in [6.45, 7) is 8.05. The van der Waals surface area contributed by atoms with E-state index in [0.717, 1.165) is 70.7 Å². The lowest BCUT2D eigenvalue weighted by Crippen LogP contribution is -2.53. The summed E-state index contributed by atoms with van der Waals surface area (Å²) in [5.74, 6) is 1.67. The predicted octanol–water partition coefficient (Wildman–Crippen LogP) is 1.73. The summed E-state index contributed by atoms with van der Waals surface area (Å²) in [4.78, 5) is 24.0. The van der Waals surface area contributed by atoms with E-state index in [1.165, 1.54) is 45.1 Å². The molecule has 2 heterocycles. The topological polar surface area (TPSA) is 63.2 Å². The second-order valence-corrected chi connectivity index (χ2v) is 9.36. The first-order valence-corrected chi connectivity index (χ1v) is 12.0. The zero-order valence-electron chi connectivity index (χ0n) is 18.7. The van der Waals surface area contributed by atoms with Crippen molar-refractivity contribution in [3.63, 3.8) is 0 Å². The normalized spacial score (nSPS) is 27.0. The molecule has 2 saturated heterocycles. The summed E-state index contributed by atoms with van der Waals surface area (Å²) in [5, 5.41) is 7.13. The van der Waals surface area contributed by atoms with Crippen molar-refractivity contribution in [1.82, 2.24) is 25.3 Å². The van der Waals surface area contributed by atoms with Crippen LogP contribution in [0.25, 0.3) is 0 Å². The van der Waals surface area contributed by atoms with Gasteiger partial charge in [-0.15, -0.1) is 24.0 Å². The Labute approximate surface area is 199 Å². The summed E-state index contributed by atoms with van der Waals surface area (Å²) >= 11 is 0. The first-order chi connectivity index (χ1) is 14.2. The molecule has 0 aromatic heterocycles. The molecule has 4 aliphatic rings. The number of amides is 1. The number of likely N-dealkylation sites (tertiary alicyclic amines) is 1. The van der Waals surface area contributed by atoms with Gasteiger partial charge >= 0.3 is 0 Å². The maximum Gasteiger partial charge on any atom is 0.225 e. The van der Waals surface area contributed by atoms with Gasteiger partial charge in [0.15, 0.2) is 5.96 Å². The maximum atomic E-state index is 12.4. The van der Waals surface area contributed by atoms with Crippen molar-refractivity contribution in [3.05, 3.63) is 0 Å². The average Bonchev–Trinajstić information content (AvgIpc) is 3.38. The number of hydrogen-bond donors (Lipinski definition) is 2. The van der Waals surface area contributed by atoms with Crippen molar-refractivity contribution in [2.45, 2.75) is 63.5 Å². The quantitative estimate of drug-likeness (QED) is 0.310. The lowest BCUT2D eigenvalue weighted by molar-refractivity contribution is -0.139. The molecule has 0 spiro atoms. The highest BCUT2D eigenvalue weighted by atomic mass is 127. The van der Waals surface area contributed by atoms with Crippen LogP contribution in [0.4, 0.5) is 0 Å². The molecule has 0 aromatic carbocycles. The third kappa shape index (κ3) is 6.22. The average molecular weight is 533 g/mol. The number of guanidine groups is 1. The van der Waals surface area contributed by atoms with Crippen molar-refractivity contribution in [1.29, 1.82) is 0 Å². The van der Waals surface area contributed by atoms with E-state index in [4.69, 9.17) is 0 Å². The number of hydrogen-bond acceptors (Lipinski definition) is 4. The predicted molar refractivity (Wildman–Crippen MR) is 133 cm³/mol. The molecule has 1 unspecified atom stereocenters. The first-order valence-electron chi connectivity index (χ1n) is 12.0. The standard InChI is InChI=1S/C22H40N6O.HI/c1-23-22(25-19-9-11-28(17-19)20-7-2-3-8-20)24-10-12-26-13-15-27(16-14-26)21(29)18-5-4-6-18;/h18-20H,2-17H2,1H3,(H2,23,24,25);1H. The molecule has 30 heavy (non-hydrogen) atoms. The highest BCUT2D eigenvalue weighted by Crippen LogP contribution is 2.28. The Morgan fingerprint density at radius 3 is 2.33 bits per heavy atom. The Kier molecular flexibility index (Phi) is 9.50. The van der Waals surface area contributed by atoms with Crippen LogP contribution in [0, 0.1) is 5.92 Å². The molecule has 2 N–H and O–H groups in total. The van der Waals surface area contributed by atoms with Gasteiger partial charge in [0.05, 0.1) is 0 Å². The molecule has 4 fully saturated rings. The molecular weight excluding hydrogens is 491 g/mol. The van der Waals surface area contributed by atoms with Crippen LogP contribution in [-0.2, 0) is 4.79 Å². The highest BCUT2D eigenvalue weighted by Gasteiger charge is 2.32. The van der Waals surface area contributed by atoms with Gasteiger partial charge in [-0.2, -0.15) is 0 Å². The molecule has 2 aliphatic carbocycles. The van der Waals surface area contributed by atoms with Crippen LogP contribution >= 0.6 is 24.0 Å². The van der Waals surface area contributed by atoms with Crippen molar-refractivity contribution < 1.29 is 4.79 Å². The summed E-state index contributed by atoms with van der Waals surface area (Å²) in [6, 6.07) is 1.34. The number of rotatable bonds is 6. The van der Waals surface area contributed by atoms with Crippen LogP contribution in [0.2, 0.25) is 0 Å². The Bertz CT molecular complexity index is 570. The third-order valence-electron chi connectivity index (χ3n) is 7.48. The van der Waals surface area contributed by atoms with E-state index in [-0.39, 0.29) is 24.0 Å². The van der Waals surface area contributed by atoms with Crippen molar-refractivity contribution >= 4 is 35.8 Å². The molecule has 1 amide bonds. The van der Waals surface area contributed by atoms with E-state index in [0.29, 0.717) is 17.9 Å². The fourth-order valence-corrected chi connectivity index (χ4v) is 5.33. The van der Waals surface area contributed by atoms with E-state index in [9.17, 15) is 4.79 Å². The van der Waals surface area contributed by atoms with Gasteiger partial charge in [-0.1, -0.05) is 19.3 Å². The zero-order chi connectivity index (χ0) is 20.1. The second kappa shape index (κ2) is 11.9. The molecule has 0 radical (unpaired) electrons. The fraction of sp³-hybridized carbons (Fsp3) is 0.909. The molecule has 7 nitrogen and oxygen atoms in total. The Morgan fingerprint density at radius 1 is 0.967 bits per heavy atom. The molecule has 8 heteroatoms. The van der Waals surface area contributed by atoms with E-state index < -0.39 is 0 Å². The van der Waals surface area contributed by atoms with Crippen LogP contribution < -0.4 is 10.6 Å². The van der Waals surface area contributed by atoms with Gasteiger partial charge in [0.1, 0.15) is 0 Å². The van der Waals surface area contributed by atoms with Crippen LogP contribution in [0.5, 0.6) is 0 Å². The van der Waals surface area contributed by atoms with E-state index >= 15 is 0 Å². The largest absolute Gasteiger partial charge is 0.355 e. The summed E-state index contributed by atoms with van der Waals surface area (Å²) < 4.78 is 0. The summed E-state index contributed by atoms with van der Waals surface area (Å²) in [7, 11) is 1.86. The second-order valence-electron chi connectivity index (χ2n) is 9.36. The van der Waals surface area contributed by atoms with Crippen LogP contribution in [-0.4, -0.2) is 98.1 Å². The first kappa shape index (κ1) is 24.0. The Balaban J connectivity index is 0.00000256. The van der Waals surface area contributed by atoms with Crippen LogP contribution in [0.3, 0.4) is 0 Å². The molecular formula is C22H41IN6O. The van der Waals surface area contributed by atoms with Gasteiger partial charge in [0, 0.05) is 77.4 Å². The van der Waals surface area contributed by atoms with Gasteiger partial charge in [-0.05, 0) is 32.1 Å². The van der Waals surface area contributed by atoms with E-state index in [1.54, 1.807) is 0 Å². The minimum absolute atomic E-state index is 0. The number of halogens is 1. The number of nitrogens with zero attached hydrogens (tertiary/aromatic N) is 4. The highest BCUT2D eigenvalue weighted by molar-refractivity contribution is 14.0. The molecule has 0 bridgehead atoms. The number of nitrogens with one attached hydrogen (secondary N) is 2. The minimum Gasteiger partial charge on any atom is -0.355 e. The monoisotopic (exact) mass is 532 g/mol. The van der Waals surface area contributed by atoms with Gasteiger partial charge in [-0.3, -0.25) is 19.6 Å². The Morgan fingerprint density at radius 2 is 1.70 bits per heavy atom. The zero-order valence-corrected chi connectivity index (χ0v) is 21.0. The third-order valence-corrected chi connectivity index (χ3v) is 7.48.